The highest BCUT2D eigenvalue weighted by Crippen LogP contribution is 2.17. The predicted octanol–water partition coefficient (Wildman–Crippen LogP) is 1.89. The molecular formula is C7H9NO2. The maximum Gasteiger partial charge on any atom is 0.268 e. The van der Waals surface area contributed by atoms with E-state index in [2.05, 4.69) is 0 Å². The summed E-state index contributed by atoms with van der Waals surface area (Å²) in [6, 6.07) is 0. The molecule has 54 valence electrons. The summed E-state index contributed by atoms with van der Waals surface area (Å²) in [6.45, 7) is 1.81. The van der Waals surface area contributed by atoms with Crippen LogP contribution in [0, 0.1) is 10.1 Å². The molecule has 1 aliphatic carbocycles. The largest absolute Gasteiger partial charge is 0.268 e. The molecule has 0 aromatic rings. The highest BCUT2D eigenvalue weighted by Gasteiger charge is 2.13. The third kappa shape index (κ3) is 1.23. The van der Waals surface area contributed by atoms with Crippen LogP contribution >= 0.6 is 0 Å². The van der Waals surface area contributed by atoms with E-state index in [1.165, 1.54) is 0 Å². The maximum absolute atomic E-state index is 10.3. The fraction of sp³-hybridized carbons (Fsp3) is 0.429. The van der Waals surface area contributed by atoms with Gasteiger partial charge in [-0.15, -0.1) is 0 Å². The van der Waals surface area contributed by atoms with Gasteiger partial charge in [0.15, 0.2) is 0 Å². The van der Waals surface area contributed by atoms with Crippen molar-refractivity contribution in [2.24, 2.45) is 0 Å². The standard InChI is InChI=1S/C7H9NO2/c1-6-4-2-3-5-7(6)8(9)10/h3,5H,2,4H2,1H3. The Kier molecular flexibility index (Phi) is 1.85. The van der Waals surface area contributed by atoms with Gasteiger partial charge in [-0.05, 0) is 19.8 Å². The second kappa shape index (κ2) is 2.64. The molecule has 1 aliphatic rings. The fourth-order valence-electron chi connectivity index (χ4n) is 0.982. The van der Waals surface area contributed by atoms with Crippen molar-refractivity contribution in [1.29, 1.82) is 0 Å². The molecule has 3 heteroatoms. The zero-order valence-corrected chi connectivity index (χ0v) is 5.83. The summed E-state index contributed by atoms with van der Waals surface area (Å²) in [5, 5.41) is 10.3. The predicted molar refractivity (Wildman–Crippen MR) is 38.1 cm³/mol. The molecule has 0 amide bonds. The SMILES string of the molecule is CC1=C([N+](=O)[O-])C=CCC1. The summed E-state index contributed by atoms with van der Waals surface area (Å²) in [5.41, 5.74) is 1.15. The average molecular weight is 139 g/mol. The van der Waals surface area contributed by atoms with Crippen molar-refractivity contribution in [3.63, 3.8) is 0 Å². The molecule has 0 unspecified atom stereocenters. The van der Waals surface area contributed by atoms with E-state index < -0.39 is 0 Å². The number of nitro groups is 1. The average Bonchev–Trinajstić information content (AvgIpc) is 1.88. The first kappa shape index (κ1) is 6.99. The van der Waals surface area contributed by atoms with Gasteiger partial charge < -0.3 is 0 Å². The van der Waals surface area contributed by atoms with Gasteiger partial charge in [-0.2, -0.15) is 0 Å². The van der Waals surface area contributed by atoms with Gasteiger partial charge in [0.1, 0.15) is 0 Å². The van der Waals surface area contributed by atoms with Crippen molar-refractivity contribution in [3.8, 4) is 0 Å². The quantitative estimate of drug-likeness (QED) is 0.411. The van der Waals surface area contributed by atoms with Crippen LogP contribution in [-0.4, -0.2) is 4.92 Å². The van der Waals surface area contributed by atoms with Crippen LogP contribution < -0.4 is 0 Å². The lowest BCUT2D eigenvalue weighted by Crippen LogP contribution is -2.01. The van der Waals surface area contributed by atoms with Gasteiger partial charge in [0.2, 0.25) is 0 Å². The lowest BCUT2D eigenvalue weighted by atomic mass is 10.0. The second-order valence-corrected chi connectivity index (χ2v) is 2.36. The van der Waals surface area contributed by atoms with Crippen LogP contribution in [0.4, 0.5) is 0 Å². The Morgan fingerprint density at radius 2 is 2.40 bits per heavy atom. The van der Waals surface area contributed by atoms with Gasteiger partial charge in [0, 0.05) is 11.6 Å². The molecule has 0 atom stereocenters. The van der Waals surface area contributed by atoms with E-state index in [9.17, 15) is 10.1 Å². The van der Waals surface area contributed by atoms with E-state index in [1.807, 2.05) is 13.0 Å². The second-order valence-electron chi connectivity index (χ2n) is 2.36. The fourth-order valence-corrected chi connectivity index (χ4v) is 0.982. The van der Waals surface area contributed by atoms with Gasteiger partial charge >= 0.3 is 0 Å². The smallest absolute Gasteiger partial charge is 0.258 e. The number of nitrogens with zero attached hydrogens (tertiary/aromatic N) is 1. The molecule has 0 saturated carbocycles. The first-order chi connectivity index (χ1) is 4.72. The summed E-state index contributed by atoms with van der Waals surface area (Å²) in [4.78, 5) is 9.93. The Hall–Kier alpha value is -1.12. The van der Waals surface area contributed by atoms with Crippen LogP contribution in [0.1, 0.15) is 19.8 Å². The first-order valence-electron chi connectivity index (χ1n) is 3.22. The zero-order chi connectivity index (χ0) is 7.56. The van der Waals surface area contributed by atoms with Crippen molar-refractivity contribution >= 4 is 0 Å². The molecular weight excluding hydrogens is 130 g/mol. The summed E-state index contributed by atoms with van der Waals surface area (Å²) in [6.07, 6.45) is 5.18. The molecule has 0 N–H and O–H groups in total. The van der Waals surface area contributed by atoms with Crippen LogP contribution in [0.2, 0.25) is 0 Å². The minimum absolute atomic E-state index is 0.270. The molecule has 0 heterocycles. The molecule has 0 spiro atoms. The van der Waals surface area contributed by atoms with Crippen LogP contribution in [0.25, 0.3) is 0 Å². The van der Waals surface area contributed by atoms with E-state index in [-0.39, 0.29) is 10.6 Å². The summed E-state index contributed by atoms with van der Waals surface area (Å²) in [5.74, 6) is 0. The summed E-state index contributed by atoms with van der Waals surface area (Å²) < 4.78 is 0. The van der Waals surface area contributed by atoms with Crippen molar-refractivity contribution in [3.05, 3.63) is 33.5 Å². The van der Waals surface area contributed by atoms with E-state index in [0.29, 0.717) is 0 Å². The molecule has 0 aromatic heterocycles. The highest BCUT2D eigenvalue weighted by atomic mass is 16.6. The van der Waals surface area contributed by atoms with Crippen molar-refractivity contribution in [1.82, 2.24) is 0 Å². The lowest BCUT2D eigenvalue weighted by Gasteiger charge is -2.03. The van der Waals surface area contributed by atoms with E-state index in [1.54, 1.807) is 6.08 Å². The topological polar surface area (TPSA) is 43.1 Å². The number of allylic oxidation sites excluding steroid dienone is 3. The number of hydrogen-bond donors (Lipinski definition) is 0. The van der Waals surface area contributed by atoms with E-state index >= 15 is 0 Å². The molecule has 0 aliphatic heterocycles. The number of rotatable bonds is 1. The molecule has 1 rings (SSSR count). The third-order valence-corrected chi connectivity index (χ3v) is 1.60. The summed E-state index contributed by atoms with van der Waals surface area (Å²) in [7, 11) is 0. The van der Waals surface area contributed by atoms with Crippen LogP contribution in [0.15, 0.2) is 23.4 Å². The first-order valence-corrected chi connectivity index (χ1v) is 3.22. The van der Waals surface area contributed by atoms with Gasteiger partial charge in [-0.3, -0.25) is 10.1 Å². The molecule has 0 saturated heterocycles. The minimum Gasteiger partial charge on any atom is -0.258 e. The Balaban J connectivity index is 2.90. The van der Waals surface area contributed by atoms with E-state index in [0.717, 1.165) is 18.4 Å². The third-order valence-electron chi connectivity index (χ3n) is 1.60. The molecule has 0 fully saturated rings. The van der Waals surface area contributed by atoms with Gasteiger partial charge in [0.05, 0.1) is 4.92 Å². The Morgan fingerprint density at radius 3 is 2.80 bits per heavy atom. The van der Waals surface area contributed by atoms with Crippen LogP contribution in [0.3, 0.4) is 0 Å². The van der Waals surface area contributed by atoms with Crippen molar-refractivity contribution < 1.29 is 4.92 Å². The highest BCUT2D eigenvalue weighted by molar-refractivity contribution is 5.21. The van der Waals surface area contributed by atoms with Crippen molar-refractivity contribution in [2.75, 3.05) is 0 Å². The van der Waals surface area contributed by atoms with Gasteiger partial charge in [-0.25, -0.2) is 0 Å². The zero-order valence-electron chi connectivity index (χ0n) is 5.83. The lowest BCUT2D eigenvalue weighted by molar-refractivity contribution is -0.420. The number of hydrogen-bond acceptors (Lipinski definition) is 2. The van der Waals surface area contributed by atoms with Crippen LogP contribution in [-0.2, 0) is 0 Å². The Morgan fingerprint density at radius 1 is 1.70 bits per heavy atom. The Bertz CT molecular complexity index is 216. The molecule has 0 bridgehead atoms. The Labute approximate surface area is 59.2 Å². The van der Waals surface area contributed by atoms with Crippen molar-refractivity contribution in [2.45, 2.75) is 19.8 Å². The van der Waals surface area contributed by atoms with Gasteiger partial charge in [0.25, 0.3) is 5.70 Å². The van der Waals surface area contributed by atoms with Crippen LogP contribution in [0.5, 0.6) is 0 Å². The molecule has 3 nitrogen and oxygen atoms in total. The maximum atomic E-state index is 10.3. The molecule has 0 radical (unpaired) electrons. The summed E-state index contributed by atoms with van der Waals surface area (Å²) >= 11 is 0. The monoisotopic (exact) mass is 139 g/mol. The van der Waals surface area contributed by atoms with E-state index in [4.69, 9.17) is 0 Å². The molecule has 0 aromatic carbocycles. The normalized spacial score (nSPS) is 17.7. The van der Waals surface area contributed by atoms with Gasteiger partial charge in [-0.1, -0.05) is 6.08 Å². The molecule has 10 heavy (non-hydrogen) atoms. The minimum atomic E-state index is -0.328.